The van der Waals surface area contributed by atoms with Gasteiger partial charge < -0.3 is 19.7 Å². The van der Waals surface area contributed by atoms with E-state index in [-0.39, 0.29) is 18.3 Å². The fourth-order valence-electron chi connectivity index (χ4n) is 10.8. The smallest absolute Gasteiger partial charge is 0.478 e. The molecule has 2 N–H and O–H groups in total. The van der Waals surface area contributed by atoms with Crippen LogP contribution in [0.3, 0.4) is 0 Å². The Morgan fingerprint density at radius 3 is 2.53 bits per heavy atom. The van der Waals surface area contributed by atoms with Gasteiger partial charge in [-0.15, -0.1) is 0 Å². The first-order valence-electron chi connectivity index (χ1n) is 14.3. The number of hydrogen-bond acceptors (Lipinski definition) is 6. The SMILES string of the molecule is C[C@@H]1C[C@H]2[C@@H]3CCC4=CC(=O)C=C[C@]4(C)[C@@]3(F)[C@@H](O)C[C@]2(C)[C@@]1(OC(=O)O[C@@H]1C[C@@H]2CC23CC[C@@H]13)C(=O)O. The van der Waals surface area contributed by atoms with E-state index in [1.807, 2.05) is 0 Å². The van der Waals surface area contributed by atoms with Crippen LogP contribution in [0.15, 0.2) is 23.8 Å². The molecule has 7 nitrogen and oxygen atoms in total. The van der Waals surface area contributed by atoms with Gasteiger partial charge in [-0.1, -0.05) is 25.5 Å². The lowest BCUT2D eigenvalue weighted by Crippen LogP contribution is -2.69. The van der Waals surface area contributed by atoms with Crippen LogP contribution in [0.4, 0.5) is 9.18 Å². The van der Waals surface area contributed by atoms with Crippen LogP contribution in [0.5, 0.6) is 0 Å². The van der Waals surface area contributed by atoms with Crippen LogP contribution in [0.1, 0.15) is 72.1 Å². The molecule has 7 rings (SSSR count). The lowest BCUT2D eigenvalue weighted by molar-refractivity contribution is -0.229. The minimum Gasteiger partial charge on any atom is -0.478 e. The fraction of sp³-hybridized carbons (Fsp3) is 0.767. The van der Waals surface area contributed by atoms with Crippen LogP contribution >= 0.6 is 0 Å². The molecule has 1 unspecified atom stereocenters. The number of aliphatic hydroxyl groups excluding tert-OH is 1. The van der Waals surface area contributed by atoms with E-state index in [9.17, 15) is 24.6 Å². The zero-order valence-corrected chi connectivity index (χ0v) is 22.2. The Hall–Kier alpha value is -2.22. The summed E-state index contributed by atoms with van der Waals surface area (Å²) in [6.45, 7) is 5.22. The van der Waals surface area contributed by atoms with E-state index in [4.69, 9.17) is 9.47 Å². The monoisotopic (exact) mass is 528 g/mol. The highest BCUT2D eigenvalue weighted by atomic mass is 19.1. The summed E-state index contributed by atoms with van der Waals surface area (Å²) in [7, 11) is 0. The molecule has 1 spiro atoms. The van der Waals surface area contributed by atoms with Crippen molar-refractivity contribution in [3.8, 4) is 0 Å². The number of rotatable bonds is 3. The molecular weight excluding hydrogens is 491 g/mol. The van der Waals surface area contributed by atoms with Gasteiger partial charge in [0.25, 0.3) is 0 Å². The molecule has 0 radical (unpaired) electrons. The number of carbonyl (C=O) groups excluding carboxylic acids is 2. The molecule has 12 atom stereocenters. The van der Waals surface area contributed by atoms with Gasteiger partial charge in [0.1, 0.15) is 6.10 Å². The number of alkyl halides is 1. The highest BCUT2D eigenvalue weighted by Crippen LogP contribution is 2.76. The lowest BCUT2D eigenvalue weighted by Gasteiger charge is -2.62. The lowest BCUT2D eigenvalue weighted by atomic mass is 9.45. The van der Waals surface area contributed by atoms with Gasteiger partial charge in [0.05, 0.1) is 6.10 Å². The second-order valence-corrected chi connectivity index (χ2v) is 14.0. The minimum atomic E-state index is -2.07. The van der Waals surface area contributed by atoms with Crippen molar-refractivity contribution in [1.82, 2.24) is 0 Å². The molecule has 0 aromatic rings. The van der Waals surface area contributed by atoms with Gasteiger partial charge >= 0.3 is 12.1 Å². The summed E-state index contributed by atoms with van der Waals surface area (Å²) in [5.74, 6) is -2.21. The van der Waals surface area contributed by atoms with E-state index in [0.29, 0.717) is 42.1 Å². The molecule has 0 saturated heterocycles. The molecule has 0 heterocycles. The molecule has 8 heteroatoms. The van der Waals surface area contributed by atoms with Crippen LogP contribution in [-0.2, 0) is 19.1 Å². The van der Waals surface area contributed by atoms with Crippen molar-refractivity contribution in [3.63, 3.8) is 0 Å². The number of fused-ring (bicyclic) bond motifs is 5. The Morgan fingerprint density at radius 1 is 1.11 bits per heavy atom. The number of carboxylic acid groups (broad SMARTS) is 1. The van der Waals surface area contributed by atoms with Gasteiger partial charge in [0.2, 0.25) is 5.60 Å². The average Bonchev–Trinajstić information content (AvgIpc) is 3.47. The highest BCUT2D eigenvalue weighted by molar-refractivity contribution is 6.01. The van der Waals surface area contributed by atoms with Crippen molar-refractivity contribution >= 4 is 17.9 Å². The Bertz CT molecular complexity index is 1210. The zero-order valence-electron chi connectivity index (χ0n) is 22.2. The molecule has 38 heavy (non-hydrogen) atoms. The molecule has 0 aromatic heterocycles. The minimum absolute atomic E-state index is 0.170. The summed E-state index contributed by atoms with van der Waals surface area (Å²) >= 11 is 0. The van der Waals surface area contributed by atoms with Gasteiger partial charge in [-0.3, -0.25) is 4.79 Å². The maximum Gasteiger partial charge on any atom is 0.509 e. The number of hydrogen-bond donors (Lipinski definition) is 2. The summed E-state index contributed by atoms with van der Waals surface area (Å²) in [5.41, 5.74) is -5.36. The van der Waals surface area contributed by atoms with E-state index in [0.717, 1.165) is 12.8 Å². The van der Waals surface area contributed by atoms with Crippen LogP contribution in [0.2, 0.25) is 0 Å². The quantitative estimate of drug-likeness (QED) is 0.508. The van der Waals surface area contributed by atoms with E-state index in [1.54, 1.807) is 26.8 Å². The van der Waals surface area contributed by atoms with Crippen LogP contribution < -0.4 is 0 Å². The van der Waals surface area contributed by atoms with Gasteiger partial charge in [0, 0.05) is 28.6 Å². The molecule has 0 amide bonds. The Morgan fingerprint density at radius 2 is 1.87 bits per heavy atom. The van der Waals surface area contributed by atoms with Crippen molar-refractivity contribution in [2.75, 3.05) is 0 Å². The average molecular weight is 529 g/mol. The van der Waals surface area contributed by atoms with E-state index in [1.165, 1.54) is 25.0 Å². The van der Waals surface area contributed by atoms with Crippen molar-refractivity contribution in [1.29, 1.82) is 0 Å². The number of aliphatic hydroxyl groups is 1. The largest absolute Gasteiger partial charge is 0.509 e. The first-order valence-corrected chi connectivity index (χ1v) is 14.3. The Balaban J connectivity index is 1.21. The van der Waals surface area contributed by atoms with Crippen molar-refractivity contribution in [2.45, 2.75) is 95.6 Å². The molecule has 7 aliphatic carbocycles. The van der Waals surface area contributed by atoms with E-state index in [2.05, 4.69) is 0 Å². The number of ketones is 1. The fourth-order valence-corrected chi connectivity index (χ4v) is 10.8. The standard InChI is InChI=1S/C30H37FO7/c1-15-10-21-19-5-4-16-11-18(32)6-8-26(16,2)29(19,31)23(33)14-27(21,3)30(15,24(34)35)38-25(36)37-22-12-17-13-28(17)9-7-20(22)28/h6,8,11,15,17,19-23,33H,4-5,7,9-10,12-14H2,1-3H3,(H,34,35)/t15-,17-,19+,20+,21+,22-,23+,26+,27+,28?,29+,30+/m1/s1. The first-order chi connectivity index (χ1) is 17.8. The number of aliphatic carboxylic acids is 1. The maximum absolute atomic E-state index is 17.4. The van der Waals surface area contributed by atoms with Crippen LogP contribution in [0, 0.1) is 45.8 Å². The summed E-state index contributed by atoms with van der Waals surface area (Å²) in [5, 5.41) is 22.2. The third-order valence-electron chi connectivity index (χ3n) is 12.9. The topological polar surface area (TPSA) is 110 Å². The summed E-state index contributed by atoms with van der Waals surface area (Å²) in [4.78, 5) is 38.3. The first kappa shape index (κ1) is 24.8. The third-order valence-corrected chi connectivity index (χ3v) is 12.9. The number of halogens is 1. The number of allylic oxidation sites excluding steroid dienone is 4. The number of carboxylic acids is 1. The van der Waals surface area contributed by atoms with Gasteiger partial charge in [-0.25, -0.2) is 14.0 Å². The van der Waals surface area contributed by atoms with Crippen LogP contribution in [0.25, 0.3) is 0 Å². The predicted molar refractivity (Wildman–Crippen MR) is 133 cm³/mol. The summed E-state index contributed by atoms with van der Waals surface area (Å²) in [6, 6.07) is 0. The molecule has 6 fully saturated rings. The van der Waals surface area contributed by atoms with Crippen molar-refractivity contribution < 1.29 is 38.5 Å². The van der Waals surface area contributed by atoms with Crippen LogP contribution in [-0.4, -0.2) is 51.6 Å². The molecule has 206 valence electrons. The van der Waals surface area contributed by atoms with E-state index >= 15 is 4.39 Å². The molecule has 0 aliphatic heterocycles. The third kappa shape index (κ3) is 2.62. The molecule has 0 bridgehead atoms. The van der Waals surface area contributed by atoms with Gasteiger partial charge in [0.15, 0.2) is 11.5 Å². The maximum atomic E-state index is 17.4. The van der Waals surface area contributed by atoms with Crippen molar-refractivity contribution in [3.05, 3.63) is 23.8 Å². The summed E-state index contributed by atoms with van der Waals surface area (Å²) in [6.07, 6.45) is 7.01. The highest BCUT2D eigenvalue weighted by Gasteiger charge is 2.78. The summed E-state index contributed by atoms with van der Waals surface area (Å²) < 4.78 is 29.1. The van der Waals surface area contributed by atoms with Gasteiger partial charge in [-0.05, 0) is 87.7 Å². The second kappa shape index (κ2) is 7.29. The molecular formula is C30H37FO7. The normalized spacial score (nSPS) is 55.3. The van der Waals surface area contributed by atoms with E-state index < -0.39 is 58.1 Å². The zero-order chi connectivity index (χ0) is 27.0. The van der Waals surface area contributed by atoms with Crippen molar-refractivity contribution in [2.24, 2.45) is 45.8 Å². The molecule has 7 aliphatic rings. The Kier molecular flexibility index (Phi) is 4.76. The number of ether oxygens (including phenoxy) is 2. The molecule has 6 saturated carbocycles. The molecule has 0 aromatic carbocycles. The Labute approximate surface area is 221 Å². The van der Waals surface area contributed by atoms with Gasteiger partial charge in [-0.2, -0.15) is 0 Å². The second-order valence-electron chi connectivity index (χ2n) is 14.0. The predicted octanol–water partition coefficient (Wildman–Crippen LogP) is 4.77. The number of carbonyl (C=O) groups is 3.